The van der Waals surface area contributed by atoms with Crippen LogP contribution in [0.3, 0.4) is 0 Å². The summed E-state index contributed by atoms with van der Waals surface area (Å²) in [4.78, 5) is 10.7. The number of carbonyl (C=O) groups is 1. The van der Waals surface area contributed by atoms with Crippen molar-refractivity contribution in [2.75, 3.05) is 0 Å². The Bertz CT molecular complexity index is 323. The van der Waals surface area contributed by atoms with Crippen molar-refractivity contribution in [3.8, 4) is 0 Å². The van der Waals surface area contributed by atoms with Crippen LogP contribution in [0.15, 0.2) is 6.20 Å². The van der Waals surface area contributed by atoms with E-state index in [1.165, 1.54) is 6.92 Å². The second-order valence-electron chi connectivity index (χ2n) is 2.99. The van der Waals surface area contributed by atoms with Crippen LogP contribution < -0.4 is 5.32 Å². The molecule has 0 fully saturated rings. The molecule has 0 spiro atoms. The summed E-state index contributed by atoms with van der Waals surface area (Å²) < 4.78 is 0. The number of aryl methyl sites for hydroxylation is 1. The van der Waals surface area contributed by atoms with Crippen molar-refractivity contribution in [3.05, 3.63) is 23.0 Å². The molecule has 0 unspecified atom stereocenters. The largest absolute Gasteiger partial charge is 0.352 e. The Kier molecular flexibility index (Phi) is 2.95. The first-order chi connectivity index (χ1) is 6.11. The van der Waals surface area contributed by atoms with E-state index in [1.807, 2.05) is 13.8 Å². The van der Waals surface area contributed by atoms with Crippen LogP contribution in [0.2, 0.25) is 0 Å². The van der Waals surface area contributed by atoms with E-state index in [4.69, 9.17) is 0 Å². The molecule has 0 aliphatic rings. The van der Waals surface area contributed by atoms with E-state index < -0.39 is 0 Å². The smallest absolute Gasteiger partial charge is 0.217 e. The molecule has 1 heterocycles. The molecule has 0 bridgehead atoms. The van der Waals surface area contributed by atoms with Crippen molar-refractivity contribution < 1.29 is 4.79 Å². The highest BCUT2D eigenvalue weighted by Gasteiger charge is 2.02. The minimum Gasteiger partial charge on any atom is -0.352 e. The van der Waals surface area contributed by atoms with E-state index in [0.717, 1.165) is 16.8 Å². The highest BCUT2D eigenvalue weighted by molar-refractivity contribution is 5.72. The van der Waals surface area contributed by atoms with Gasteiger partial charge in [0.25, 0.3) is 0 Å². The van der Waals surface area contributed by atoms with E-state index in [9.17, 15) is 4.79 Å². The van der Waals surface area contributed by atoms with Crippen LogP contribution in [-0.2, 0) is 11.3 Å². The maximum Gasteiger partial charge on any atom is 0.217 e. The van der Waals surface area contributed by atoms with E-state index in [-0.39, 0.29) is 5.91 Å². The average molecular weight is 179 g/mol. The number of amides is 1. The molecule has 13 heavy (non-hydrogen) atoms. The molecule has 4 heteroatoms. The average Bonchev–Trinajstić information content (AvgIpc) is 2.07. The number of hydrogen-bond donors (Lipinski definition) is 1. The van der Waals surface area contributed by atoms with Gasteiger partial charge >= 0.3 is 0 Å². The SMILES string of the molecule is CC(=O)NCc1cnnc(C)c1C. The fourth-order valence-electron chi connectivity index (χ4n) is 0.987. The Morgan fingerprint density at radius 1 is 1.54 bits per heavy atom. The molecule has 0 atom stereocenters. The summed E-state index contributed by atoms with van der Waals surface area (Å²) in [7, 11) is 0. The molecule has 1 N–H and O–H groups in total. The van der Waals surface area contributed by atoms with Crippen LogP contribution in [0.4, 0.5) is 0 Å². The number of aromatic nitrogens is 2. The van der Waals surface area contributed by atoms with E-state index in [0.29, 0.717) is 6.54 Å². The maximum absolute atomic E-state index is 10.7. The third-order valence-electron chi connectivity index (χ3n) is 1.97. The zero-order chi connectivity index (χ0) is 9.84. The molecule has 1 aromatic heterocycles. The van der Waals surface area contributed by atoms with Crippen molar-refractivity contribution in [3.63, 3.8) is 0 Å². The summed E-state index contributed by atoms with van der Waals surface area (Å²) in [5.41, 5.74) is 3.01. The van der Waals surface area contributed by atoms with Gasteiger partial charge < -0.3 is 5.32 Å². The molecule has 1 amide bonds. The Hall–Kier alpha value is -1.45. The number of nitrogens with one attached hydrogen (secondary N) is 1. The summed E-state index contributed by atoms with van der Waals surface area (Å²) >= 11 is 0. The highest BCUT2D eigenvalue weighted by atomic mass is 16.1. The third-order valence-corrected chi connectivity index (χ3v) is 1.97. The molecule has 1 aromatic rings. The summed E-state index contributed by atoms with van der Waals surface area (Å²) in [5, 5.41) is 10.4. The molecule has 0 aliphatic heterocycles. The van der Waals surface area contributed by atoms with Gasteiger partial charge in [0.2, 0.25) is 5.91 Å². The molecular weight excluding hydrogens is 166 g/mol. The summed E-state index contributed by atoms with van der Waals surface area (Å²) in [6.45, 7) is 5.90. The van der Waals surface area contributed by atoms with E-state index in [1.54, 1.807) is 6.20 Å². The van der Waals surface area contributed by atoms with E-state index in [2.05, 4.69) is 15.5 Å². The predicted octanol–water partition coefficient (Wildman–Crippen LogP) is 0.730. The van der Waals surface area contributed by atoms with Crippen molar-refractivity contribution in [2.24, 2.45) is 0 Å². The van der Waals surface area contributed by atoms with Gasteiger partial charge in [0, 0.05) is 13.5 Å². The summed E-state index contributed by atoms with van der Waals surface area (Å²) in [6.07, 6.45) is 1.68. The van der Waals surface area contributed by atoms with Gasteiger partial charge in [-0.25, -0.2) is 0 Å². The normalized spacial score (nSPS) is 9.77. The lowest BCUT2D eigenvalue weighted by Gasteiger charge is -2.06. The van der Waals surface area contributed by atoms with Gasteiger partial charge in [-0.05, 0) is 25.0 Å². The number of carbonyl (C=O) groups excluding carboxylic acids is 1. The van der Waals surface area contributed by atoms with Gasteiger partial charge in [-0.2, -0.15) is 10.2 Å². The van der Waals surface area contributed by atoms with Gasteiger partial charge in [0.1, 0.15) is 0 Å². The van der Waals surface area contributed by atoms with Crippen LogP contribution in [-0.4, -0.2) is 16.1 Å². The molecule has 0 saturated carbocycles. The molecule has 4 nitrogen and oxygen atoms in total. The number of nitrogens with zero attached hydrogens (tertiary/aromatic N) is 2. The van der Waals surface area contributed by atoms with Crippen molar-refractivity contribution in [1.29, 1.82) is 0 Å². The van der Waals surface area contributed by atoms with Crippen LogP contribution >= 0.6 is 0 Å². The van der Waals surface area contributed by atoms with Gasteiger partial charge in [-0.15, -0.1) is 0 Å². The van der Waals surface area contributed by atoms with Gasteiger partial charge in [-0.1, -0.05) is 0 Å². The van der Waals surface area contributed by atoms with Gasteiger partial charge in [0.15, 0.2) is 0 Å². The van der Waals surface area contributed by atoms with E-state index >= 15 is 0 Å². The lowest BCUT2D eigenvalue weighted by atomic mass is 10.1. The predicted molar refractivity (Wildman–Crippen MR) is 49.0 cm³/mol. The van der Waals surface area contributed by atoms with Crippen molar-refractivity contribution >= 4 is 5.91 Å². The fraction of sp³-hybridized carbons (Fsp3) is 0.444. The van der Waals surface area contributed by atoms with Crippen LogP contribution in [0.25, 0.3) is 0 Å². The van der Waals surface area contributed by atoms with Crippen molar-refractivity contribution in [1.82, 2.24) is 15.5 Å². The third kappa shape index (κ3) is 2.50. The monoisotopic (exact) mass is 179 g/mol. The zero-order valence-electron chi connectivity index (χ0n) is 8.09. The second kappa shape index (κ2) is 3.98. The Labute approximate surface area is 77.4 Å². The Balaban J connectivity index is 2.77. The minimum absolute atomic E-state index is 0.0335. The molecule has 0 aliphatic carbocycles. The molecule has 1 rings (SSSR count). The zero-order valence-corrected chi connectivity index (χ0v) is 8.09. The standard InChI is InChI=1S/C9H13N3O/c1-6-7(2)12-11-5-9(6)4-10-8(3)13/h5H,4H2,1-3H3,(H,10,13). The summed E-state index contributed by atoms with van der Waals surface area (Å²) in [5.74, 6) is -0.0335. The molecule has 0 aromatic carbocycles. The molecule has 0 radical (unpaired) electrons. The second-order valence-corrected chi connectivity index (χ2v) is 2.99. The lowest BCUT2D eigenvalue weighted by molar-refractivity contribution is -0.119. The minimum atomic E-state index is -0.0335. The van der Waals surface area contributed by atoms with Crippen LogP contribution in [0, 0.1) is 13.8 Å². The highest BCUT2D eigenvalue weighted by Crippen LogP contribution is 2.07. The fourth-order valence-corrected chi connectivity index (χ4v) is 0.987. The van der Waals surface area contributed by atoms with Crippen molar-refractivity contribution in [2.45, 2.75) is 27.3 Å². The lowest BCUT2D eigenvalue weighted by Crippen LogP contribution is -2.20. The first-order valence-electron chi connectivity index (χ1n) is 4.13. The van der Waals surface area contributed by atoms with Gasteiger partial charge in [-0.3, -0.25) is 4.79 Å². The first-order valence-corrected chi connectivity index (χ1v) is 4.13. The Morgan fingerprint density at radius 3 is 2.85 bits per heavy atom. The number of rotatable bonds is 2. The van der Waals surface area contributed by atoms with Gasteiger partial charge in [0.05, 0.1) is 11.9 Å². The molecular formula is C9H13N3O. The summed E-state index contributed by atoms with van der Waals surface area (Å²) in [6, 6.07) is 0. The Morgan fingerprint density at radius 2 is 2.23 bits per heavy atom. The molecule has 0 saturated heterocycles. The van der Waals surface area contributed by atoms with Crippen LogP contribution in [0.5, 0.6) is 0 Å². The quantitative estimate of drug-likeness (QED) is 0.728. The number of hydrogen-bond acceptors (Lipinski definition) is 3. The topological polar surface area (TPSA) is 54.9 Å². The van der Waals surface area contributed by atoms with Crippen LogP contribution in [0.1, 0.15) is 23.7 Å². The first kappa shape index (κ1) is 9.64. The maximum atomic E-state index is 10.7. The molecule has 70 valence electrons.